The van der Waals surface area contributed by atoms with Crippen molar-refractivity contribution in [2.45, 2.75) is 39.2 Å². The first-order chi connectivity index (χ1) is 6.22. The zero-order valence-corrected chi connectivity index (χ0v) is 8.88. The molecule has 0 spiro atoms. The van der Waals surface area contributed by atoms with Crippen molar-refractivity contribution < 1.29 is 0 Å². The van der Waals surface area contributed by atoms with E-state index in [-0.39, 0.29) is 0 Å². The van der Waals surface area contributed by atoms with Gasteiger partial charge in [0.25, 0.3) is 0 Å². The molecule has 1 aliphatic carbocycles. The van der Waals surface area contributed by atoms with Gasteiger partial charge in [-0.3, -0.25) is 4.68 Å². The monoisotopic (exact) mass is 198 g/mol. The Morgan fingerprint density at radius 1 is 1.69 bits per heavy atom. The van der Waals surface area contributed by atoms with E-state index < -0.39 is 0 Å². The minimum atomic E-state index is 0.479. The molecule has 13 heavy (non-hydrogen) atoms. The summed E-state index contributed by atoms with van der Waals surface area (Å²) in [6.07, 6.45) is 3.63. The topological polar surface area (TPSA) is 17.8 Å². The highest BCUT2D eigenvalue weighted by atomic mass is 35.5. The number of rotatable bonds is 3. The van der Waals surface area contributed by atoms with Crippen LogP contribution in [0, 0.1) is 5.92 Å². The van der Waals surface area contributed by atoms with Gasteiger partial charge in [-0.05, 0) is 38.2 Å². The van der Waals surface area contributed by atoms with Crippen LogP contribution in [0.4, 0.5) is 0 Å². The molecule has 1 aromatic rings. The highest BCUT2D eigenvalue weighted by Crippen LogP contribution is 2.40. The van der Waals surface area contributed by atoms with Crippen LogP contribution >= 0.6 is 11.6 Å². The first-order valence-corrected chi connectivity index (χ1v) is 5.34. The molecule has 0 bridgehead atoms. The van der Waals surface area contributed by atoms with E-state index in [1.54, 1.807) is 0 Å². The van der Waals surface area contributed by atoms with Crippen LogP contribution in [0.5, 0.6) is 0 Å². The van der Waals surface area contributed by atoms with Crippen molar-refractivity contribution in [3.05, 3.63) is 16.9 Å². The molecule has 0 N–H and O–H groups in total. The Hall–Kier alpha value is -0.500. The lowest BCUT2D eigenvalue weighted by molar-refractivity contribution is 0.438. The van der Waals surface area contributed by atoms with Crippen molar-refractivity contribution in [1.82, 2.24) is 9.78 Å². The highest BCUT2D eigenvalue weighted by Gasteiger charge is 2.30. The largest absolute Gasteiger partial charge is 0.251 e. The molecule has 1 unspecified atom stereocenters. The number of aromatic nitrogens is 2. The third-order valence-electron chi connectivity index (χ3n) is 2.79. The smallest absolute Gasteiger partial charge is 0.127 e. The Morgan fingerprint density at radius 3 is 2.85 bits per heavy atom. The lowest BCUT2D eigenvalue weighted by atomic mass is 10.2. The maximum absolute atomic E-state index is 6.09. The van der Waals surface area contributed by atoms with Crippen LogP contribution < -0.4 is 0 Å². The molecule has 3 heteroatoms. The van der Waals surface area contributed by atoms with Crippen molar-refractivity contribution in [2.24, 2.45) is 5.92 Å². The fourth-order valence-corrected chi connectivity index (χ4v) is 1.97. The van der Waals surface area contributed by atoms with E-state index in [0.29, 0.717) is 6.04 Å². The first kappa shape index (κ1) is 9.07. The van der Waals surface area contributed by atoms with E-state index in [1.807, 2.05) is 10.7 Å². The van der Waals surface area contributed by atoms with Crippen molar-refractivity contribution >= 4 is 11.6 Å². The van der Waals surface area contributed by atoms with Gasteiger partial charge in [0.15, 0.2) is 0 Å². The fourth-order valence-electron chi connectivity index (χ4n) is 1.66. The highest BCUT2D eigenvalue weighted by molar-refractivity contribution is 6.29. The molecule has 72 valence electrons. The molecule has 0 aliphatic heterocycles. The number of hydrogen-bond acceptors (Lipinski definition) is 1. The van der Waals surface area contributed by atoms with E-state index in [4.69, 9.17) is 11.6 Å². The summed E-state index contributed by atoms with van der Waals surface area (Å²) in [6, 6.07) is 2.45. The van der Waals surface area contributed by atoms with E-state index in [1.165, 1.54) is 12.8 Å². The van der Waals surface area contributed by atoms with Gasteiger partial charge in [0.05, 0.1) is 11.7 Å². The van der Waals surface area contributed by atoms with Crippen LogP contribution in [0.15, 0.2) is 6.07 Å². The molecule has 1 fully saturated rings. The molecular weight excluding hydrogens is 184 g/mol. The summed E-state index contributed by atoms with van der Waals surface area (Å²) < 4.78 is 1.97. The Morgan fingerprint density at radius 2 is 2.38 bits per heavy atom. The zero-order valence-electron chi connectivity index (χ0n) is 8.13. The maximum atomic E-state index is 6.09. The van der Waals surface area contributed by atoms with Crippen LogP contribution in [0.1, 0.15) is 38.4 Å². The molecule has 1 atom stereocenters. The average Bonchev–Trinajstić information content (AvgIpc) is 2.89. The van der Waals surface area contributed by atoms with E-state index >= 15 is 0 Å². The lowest BCUT2D eigenvalue weighted by Gasteiger charge is -2.11. The van der Waals surface area contributed by atoms with Gasteiger partial charge in [-0.15, -0.1) is 0 Å². The molecule has 1 aliphatic rings. The average molecular weight is 199 g/mol. The third kappa shape index (κ3) is 1.73. The summed E-state index contributed by atoms with van der Waals surface area (Å²) in [6.45, 7) is 4.31. The number of hydrogen-bond donors (Lipinski definition) is 0. The van der Waals surface area contributed by atoms with Gasteiger partial charge in [-0.1, -0.05) is 18.5 Å². The molecule has 2 rings (SSSR count). The van der Waals surface area contributed by atoms with Gasteiger partial charge in [0.1, 0.15) is 5.15 Å². The molecule has 0 radical (unpaired) electrons. The first-order valence-electron chi connectivity index (χ1n) is 4.96. The van der Waals surface area contributed by atoms with E-state index in [9.17, 15) is 0 Å². The standard InChI is InChI=1S/C10H15ClN2/c1-3-9-6-10(11)13(12-9)7(2)8-4-5-8/h6-8H,3-5H2,1-2H3. The van der Waals surface area contributed by atoms with Crippen molar-refractivity contribution in [2.75, 3.05) is 0 Å². The van der Waals surface area contributed by atoms with Crippen LogP contribution in [0.2, 0.25) is 5.15 Å². The number of aryl methyl sites for hydroxylation is 1. The van der Waals surface area contributed by atoms with E-state index in [0.717, 1.165) is 23.2 Å². The quantitative estimate of drug-likeness (QED) is 0.730. The van der Waals surface area contributed by atoms with Crippen LogP contribution in [-0.4, -0.2) is 9.78 Å². The molecule has 1 heterocycles. The summed E-state index contributed by atoms with van der Waals surface area (Å²) in [7, 11) is 0. The van der Waals surface area contributed by atoms with Gasteiger partial charge in [-0.25, -0.2) is 0 Å². The fraction of sp³-hybridized carbons (Fsp3) is 0.700. The molecular formula is C10H15ClN2. The second-order valence-corrected chi connectivity index (χ2v) is 4.22. The van der Waals surface area contributed by atoms with Gasteiger partial charge in [0.2, 0.25) is 0 Å². The summed E-state index contributed by atoms with van der Waals surface area (Å²) >= 11 is 6.09. The molecule has 0 amide bonds. The number of nitrogens with zero attached hydrogens (tertiary/aromatic N) is 2. The Bertz CT molecular complexity index is 302. The van der Waals surface area contributed by atoms with Crippen molar-refractivity contribution in [3.8, 4) is 0 Å². The minimum absolute atomic E-state index is 0.479. The Balaban J connectivity index is 2.22. The Kier molecular flexibility index (Phi) is 2.33. The second kappa shape index (κ2) is 3.33. The molecule has 1 saturated carbocycles. The maximum Gasteiger partial charge on any atom is 0.127 e. The summed E-state index contributed by atoms with van der Waals surface area (Å²) in [5.74, 6) is 0.808. The summed E-state index contributed by atoms with van der Waals surface area (Å²) in [5, 5.41) is 5.26. The van der Waals surface area contributed by atoms with Crippen LogP contribution in [0.3, 0.4) is 0 Å². The van der Waals surface area contributed by atoms with Gasteiger partial charge >= 0.3 is 0 Å². The summed E-state index contributed by atoms with van der Waals surface area (Å²) in [4.78, 5) is 0. The lowest BCUT2D eigenvalue weighted by Crippen LogP contribution is -2.09. The summed E-state index contributed by atoms with van der Waals surface area (Å²) in [5.41, 5.74) is 1.09. The van der Waals surface area contributed by atoms with Crippen LogP contribution in [0.25, 0.3) is 0 Å². The molecule has 1 aromatic heterocycles. The third-order valence-corrected chi connectivity index (χ3v) is 3.08. The molecule has 0 aromatic carbocycles. The van der Waals surface area contributed by atoms with Crippen molar-refractivity contribution in [3.63, 3.8) is 0 Å². The number of halogens is 1. The predicted molar refractivity (Wildman–Crippen MR) is 54.1 cm³/mol. The molecule has 0 saturated heterocycles. The van der Waals surface area contributed by atoms with E-state index in [2.05, 4.69) is 18.9 Å². The zero-order chi connectivity index (χ0) is 9.42. The van der Waals surface area contributed by atoms with Gasteiger partial charge in [-0.2, -0.15) is 5.10 Å². The Labute approximate surface area is 83.9 Å². The normalized spacial score (nSPS) is 19.0. The van der Waals surface area contributed by atoms with Crippen molar-refractivity contribution in [1.29, 1.82) is 0 Å². The minimum Gasteiger partial charge on any atom is -0.251 e. The predicted octanol–water partition coefficient (Wildman–Crippen LogP) is 3.07. The van der Waals surface area contributed by atoms with Gasteiger partial charge < -0.3 is 0 Å². The molecule has 2 nitrogen and oxygen atoms in total. The SMILES string of the molecule is CCc1cc(Cl)n(C(C)C2CC2)n1. The van der Waals surface area contributed by atoms with Gasteiger partial charge in [0, 0.05) is 0 Å². The second-order valence-electron chi connectivity index (χ2n) is 3.83. The van der Waals surface area contributed by atoms with Crippen LogP contribution in [-0.2, 0) is 6.42 Å².